The molecule has 2 heterocycles. The van der Waals surface area contributed by atoms with E-state index in [1.54, 1.807) is 6.20 Å². The molecule has 2 aliphatic rings. The molecule has 1 aliphatic carbocycles. The number of allylic oxidation sites excluding steroid dienone is 1. The van der Waals surface area contributed by atoms with E-state index in [2.05, 4.69) is 40.6 Å². The number of carbonyl (C=O) groups is 1. The van der Waals surface area contributed by atoms with Crippen molar-refractivity contribution in [3.05, 3.63) is 59.9 Å². The number of aryl methyl sites for hydroxylation is 1. The predicted molar refractivity (Wildman–Crippen MR) is 103 cm³/mol. The van der Waals surface area contributed by atoms with Gasteiger partial charge in [0.2, 0.25) is 0 Å². The summed E-state index contributed by atoms with van der Waals surface area (Å²) in [6.45, 7) is 2.25. The van der Waals surface area contributed by atoms with Crippen molar-refractivity contribution >= 4 is 11.5 Å². The molecule has 1 aromatic heterocycles. The van der Waals surface area contributed by atoms with Gasteiger partial charge in [-0.2, -0.15) is 0 Å². The highest BCUT2D eigenvalue weighted by Gasteiger charge is 2.21. The molecular weight excluding hydrogens is 324 g/mol. The first-order valence-electron chi connectivity index (χ1n) is 9.41. The zero-order valence-electron chi connectivity index (χ0n) is 14.9. The molecule has 1 fully saturated rings. The van der Waals surface area contributed by atoms with Crippen LogP contribution in [0.15, 0.2) is 48.8 Å². The Hall–Kier alpha value is -2.46. The Balaban J connectivity index is 1.60. The Morgan fingerprint density at radius 1 is 1.27 bits per heavy atom. The van der Waals surface area contributed by atoms with Gasteiger partial charge in [0.15, 0.2) is 0 Å². The number of rotatable bonds is 4. The number of nitrogens with zero attached hydrogens (tertiary/aromatic N) is 1. The molecule has 0 spiro atoms. The maximum Gasteiger partial charge on any atom is 0.251 e. The second-order valence-electron chi connectivity index (χ2n) is 7.06. The van der Waals surface area contributed by atoms with Crippen molar-refractivity contribution in [1.29, 1.82) is 0 Å². The molecule has 1 atom stereocenters. The van der Waals surface area contributed by atoms with Crippen LogP contribution in [0.4, 0.5) is 0 Å². The number of aromatic nitrogens is 1. The van der Waals surface area contributed by atoms with Crippen molar-refractivity contribution in [1.82, 2.24) is 10.3 Å². The Kier molecular flexibility index (Phi) is 5.12. The summed E-state index contributed by atoms with van der Waals surface area (Å²) in [4.78, 5) is 17.1. The molecule has 1 amide bonds. The fraction of sp³-hybridized carbons (Fsp3) is 0.364. The maximum atomic E-state index is 12.9. The third kappa shape index (κ3) is 3.70. The Bertz CT molecular complexity index is 808. The molecular formula is C22H24N2O2. The molecule has 1 saturated heterocycles. The standard InChI is InChI=1S/C22H24N2O2/c25-22(24-13-16-9-11-26-15-16)20-6-2-1-4-17-7-8-18(12-21(17)20)19-5-3-10-23-14-19/h3,5-8,10,12,14,16H,1-2,4,9,11,13,15H2,(H,24,25). The van der Waals surface area contributed by atoms with Crippen molar-refractivity contribution in [3.63, 3.8) is 0 Å². The molecule has 4 rings (SSSR count). The number of amides is 1. The first kappa shape index (κ1) is 17.0. The minimum absolute atomic E-state index is 0.0309. The monoisotopic (exact) mass is 348 g/mol. The number of ether oxygens (including phenoxy) is 1. The van der Waals surface area contributed by atoms with E-state index in [0.29, 0.717) is 12.5 Å². The number of hydrogen-bond donors (Lipinski definition) is 1. The van der Waals surface area contributed by atoms with Gasteiger partial charge in [-0.1, -0.05) is 24.3 Å². The summed E-state index contributed by atoms with van der Waals surface area (Å²) in [5.74, 6) is 0.468. The molecule has 4 nitrogen and oxygen atoms in total. The van der Waals surface area contributed by atoms with Gasteiger partial charge < -0.3 is 10.1 Å². The van der Waals surface area contributed by atoms with Crippen molar-refractivity contribution in [2.24, 2.45) is 5.92 Å². The average Bonchev–Trinajstić information content (AvgIpc) is 3.12. The zero-order chi connectivity index (χ0) is 17.8. The van der Waals surface area contributed by atoms with Gasteiger partial charge in [0.1, 0.15) is 0 Å². The number of fused-ring (bicyclic) bond motifs is 1. The van der Waals surface area contributed by atoms with Crippen LogP contribution in [0.1, 0.15) is 30.4 Å². The largest absolute Gasteiger partial charge is 0.381 e. The van der Waals surface area contributed by atoms with Crippen LogP contribution in [0.25, 0.3) is 16.7 Å². The number of carbonyl (C=O) groups excluding carboxylic acids is 1. The third-order valence-corrected chi connectivity index (χ3v) is 5.21. The number of nitrogens with one attached hydrogen (secondary N) is 1. The molecule has 134 valence electrons. The van der Waals surface area contributed by atoms with E-state index in [-0.39, 0.29) is 5.91 Å². The van der Waals surface area contributed by atoms with Crippen molar-refractivity contribution in [3.8, 4) is 11.1 Å². The van der Waals surface area contributed by atoms with Crippen molar-refractivity contribution < 1.29 is 9.53 Å². The van der Waals surface area contributed by atoms with E-state index in [0.717, 1.165) is 61.2 Å². The fourth-order valence-corrected chi connectivity index (χ4v) is 3.70. The number of hydrogen-bond acceptors (Lipinski definition) is 3. The quantitative estimate of drug-likeness (QED) is 0.918. The van der Waals surface area contributed by atoms with Gasteiger partial charge in [0.25, 0.3) is 5.91 Å². The van der Waals surface area contributed by atoms with E-state index in [1.165, 1.54) is 5.56 Å². The topological polar surface area (TPSA) is 51.2 Å². The third-order valence-electron chi connectivity index (χ3n) is 5.21. The first-order valence-corrected chi connectivity index (χ1v) is 9.41. The van der Waals surface area contributed by atoms with E-state index in [4.69, 9.17) is 4.74 Å². The number of pyridine rings is 1. The normalized spacial score (nSPS) is 19.4. The van der Waals surface area contributed by atoms with Crippen LogP contribution in [0.2, 0.25) is 0 Å². The summed E-state index contributed by atoms with van der Waals surface area (Å²) in [7, 11) is 0. The predicted octanol–water partition coefficient (Wildman–Crippen LogP) is 3.62. The van der Waals surface area contributed by atoms with E-state index in [1.807, 2.05) is 12.3 Å². The molecule has 2 aromatic rings. The van der Waals surface area contributed by atoms with Gasteiger partial charge in [-0.05, 0) is 54.5 Å². The highest BCUT2D eigenvalue weighted by molar-refractivity contribution is 6.20. The highest BCUT2D eigenvalue weighted by Crippen LogP contribution is 2.30. The molecule has 1 aromatic carbocycles. The lowest BCUT2D eigenvalue weighted by Crippen LogP contribution is -2.30. The lowest BCUT2D eigenvalue weighted by molar-refractivity contribution is -0.115. The molecule has 1 aliphatic heterocycles. The summed E-state index contributed by atoms with van der Waals surface area (Å²) >= 11 is 0. The van der Waals surface area contributed by atoms with E-state index in [9.17, 15) is 4.79 Å². The second-order valence-corrected chi connectivity index (χ2v) is 7.06. The molecule has 1 unspecified atom stereocenters. The van der Waals surface area contributed by atoms with Crippen LogP contribution in [-0.4, -0.2) is 30.6 Å². The lowest BCUT2D eigenvalue weighted by atomic mass is 9.94. The first-order chi connectivity index (χ1) is 12.8. The lowest BCUT2D eigenvalue weighted by Gasteiger charge is -2.15. The summed E-state index contributed by atoms with van der Waals surface area (Å²) < 4.78 is 5.40. The fourth-order valence-electron chi connectivity index (χ4n) is 3.70. The smallest absolute Gasteiger partial charge is 0.251 e. The molecule has 1 N–H and O–H groups in total. The second kappa shape index (κ2) is 7.83. The summed E-state index contributed by atoms with van der Waals surface area (Å²) in [5.41, 5.74) is 5.29. The maximum absolute atomic E-state index is 12.9. The molecule has 0 saturated carbocycles. The molecule has 26 heavy (non-hydrogen) atoms. The average molecular weight is 348 g/mol. The molecule has 0 bridgehead atoms. The van der Waals surface area contributed by atoms with Crippen LogP contribution >= 0.6 is 0 Å². The van der Waals surface area contributed by atoms with Crippen molar-refractivity contribution in [2.75, 3.05) is 19.8 Å². The number of benzene rings is 1. The Labute approximate surface area is 154 Å². The molecule has 4 heteroatoms. The van der Waals surface area contributed by atoms with E-state index < -0.39 is 0 Å². The van der Waals surface area contributed by atoms with Crippen LogP contribution in [0.5, 0.6) is 0 Å². The van der Waals surface area contributed by atoms with Gasteiger partial charge in [0.05, 0.1) is 6.61 Å². The van der Waals surface area contributed by atoms with Gasteiger partial charge in [0, 0.05) is 42.6 Å². The molecule has 0 radical (unpaired) electrons. The minimum atomic E-state index is 0.0309. The van der Waals surface area contributed by atoms with Crippen LogP contribution < -0.4 is 5.32 Å². The van der Waals surface area contributed by atoms with Gasteiger partial charge in [-0.3, -0.25) is 9.78 Å². The van der Waals surface area contributed by atoms with Crippen LogP contribution in [0.3, 0.4) is 0 Å². The van der Waals surface area contributed by atoms with Gasteiger partial charge >= 0.3 is 0 Å². The van der Waals surface area contributed by atoms with Gasteiger partial charge in [-0.25, -0.2) is 0 Å². The van der Waals surface area contributed by atoms with E-state index >= 15 is 0 Å². The van der Waals surface area contributed by atoms with Crippen molar-refractivity contribution in [2.45, 2.75) is 25.7 Å². The Morgan fingerprint density at radius 2 is 2.23 bits per heavy atom. The Morgan fingerprint density at radius 3 is 3.04 bits per heavy atom. The van der Waals surface area contributed by atoms with Crippen LogP contribution in [0, 0.1) is 5.92 Å². The minimum Gasteiger partial charge on any atom is -0.381 e. The zero-order valence-corrected chi connectivity index (χ0v) is 14.9. The van der Waals surface area contributed by atoms with Gasteiger partial charge in [-0.15, -0.1) is 0 Å². The highest BCUT2D eigenvalue weighted by atomic mass is 16.5. The summed E-state index contributed by atoms with van der Waals surface area (Å²) in [6.07, 6.45) is 9.78. The summed E-state index contributed by atoms with van der Waals surface area (Å²) in [6, 6.07) is 10.4. The summed E-state index contributed by atoms with van der Waals surface area (Å²) in [5, 5.41) is 3.12. The SMILES string of the molecule is O=C(NCC1CCOC1)C1=CCCCc2ccc(-c3cccnc3)cc21. The van der Waals surface area contributed by atoms with Crippen LogP contribution in [-0.2, 0) is 16.0 Å².